The summed E-state index contributed by atoms with van der Waals surface area (Å²) >= 11 is 9.30. The Bertz CT molecular complexity index is 624. The average Bonchev–Trinajstić information content (AvgIpc) is 3.09. The molecule has 0 radical (unpaired) electrons. The number of nitrogens with zero attached hydrogens (tertiary/aromatic N) is 2. The fourth-order valence-electron chi connectivity index (χ4n) is 3.54. The molecule has 2 atom stereocenters. The summed E-state index contributed by atoms with van der Waals surface area (Å²) in [4.78, 5) is 8.15. The van der Waals surface area contributed by atoms with E-state index in [9.17, 15) is 0 Å². The zero-order valence-electron chi connectivity index (χ0n) is 11.0. The third-order valence-electron chi connectivity index (χ3n) is 4.44. The molecule has 20 heavy (non-hydrogen) atoms. The van der Waals surface area contributed by atoms with Crippen LogP contribution in [0.5, 0.6) is 0 Å². The largest absolute Gasteiger partial charge is 0.375 e. The maximum Gasteiger partial charge on any atom is 0.182 e. The topological polar surface area (TPSA) is 42.1 Å². The number of hydrogen-bond donors (Lipinski definition) is 1. The molecule has 4 rings (SSSR count). The van der Waals surface area contributed by atoms with E-state index in [0.717, 1.165) is 27.4 Å². The van der Waals surface area contributed by atoms with Crippen LogP contribution in [0.1, 0.15) is 19.3 Å². The van der Waals surface area contributed by atoms with Crippen molar-refractivity contribution in [3.63, 3.8) is 0 Å². The van der Waals surface area contributed by atoms with E-state index in [1.165, 1.54) is 37.4 Å². The molecular formula is C14H16ClN3S2. The van der Waals surface area contributed by atoms with Crippen molar-refractivity contribution in [1.82, 2.24) is 4.98 Å². The van der Waals surface area contributed by atoms with Gasteiger partial charge in [0.1, 0.15) is 10.7 Å². The second-order valence-corrected chi connectivity index (χ2v) is 8.05. The van der Waals surface area contributed by atoms with E-state index in [2.05, 4.69) is 9.88 Å². The van der Waals surface area contributed by atoms with Crippen LogP contribution in [0.25, 0.3) is 10.6 Å². The van der Waals surface area contributed by atoms with Crippen molar-refractivity contribution in [2.24, 2.45) is 11.8 Å². The van der Waals surface area contributed by atoms with Gasteiger partial charge >= 0.3 is 0 Å². The Hall–Kier alpha value is -0.780. The Labute approximate surface area is 131 Å². The molecule has 2 N–H and O–H groups in total. The van der Waals surface area contributed by atoms with E-state index >= 15 is 0 Å². The Morgan fingerprint density at radius 1 is 1.30 bits per heavy atom. The predicted molar refractivity (Wildman–Crippen MR) is 87.9 cm³/mol. The number of aromatic nitrogens is 1. The Kier molecular flexibility index (Phi) is 3.16. The molecule has 0 bridgehead atoms. The van der Waals surface area contributed by atoms with E-state index in [1.54, 1.807) is 22.7 Å². The molecule has 3 nitrogen and oxygen atoms in total. The standard InChI is InChI=1S/C14H16ClN3S2/c15-10-4-11(19-7-10)12-13(20-14(16)17-12)18-5-8-2-1-3-9(8)6-18/h4,7-9H,1-3,5-6H2,(H2,16,17). The van der Waals surface area contributed by atoms with Crippen LogP contribution in [-0.2, 0) is 0 Å². The minimum Gasteiger partial charge on any atom is -0.375 e. The Balaban J connectivity index is 1.68. The number of hydrogen-bond acceptors (Lipinski definition) is 5. The number of anilines is 2. The molecular weight excluding hydrogens is 310 g/mol. The molecule has 2 aromatic heterocycles. The lowest BCUT2D eigenvalue weighted by atomic mass is 10.0. The van der Waals surface area contributed by atoms with Gasteiger partial charge in [-0.15, -0.1) is 11.3 Å². The average molecular weight is 326 g/mol. The number of halogens is 1. The summed E-state index contributed by atoms with van der Waals surface area (Å²) in [5.74, 6) is 1.75. The summed E-state index contributed by atoms with van der Waals surface area (Å²) in [7, 11) is 0. The zero-order chi connectivity index (χ0) is 13.7. The second kappa shape index (κ2) is 4.90. The molecule has 1 aliphatic heterocycles. The summed E-state index contributed by atoms with van der Waals surface area (Å²) in [5, 5.41) is 4.61. The number of thiazole rings is 1. The highest BCUT2D eigenvalue weighted by molar-refractivity contribution is 7.20. The number of fused-ring (bicyclic) bond motifs is 1. The summed E-state index contributed by atoms with van der Waals surface area (Å²) in [6, 6.07) is 1.99. The second-order valence-electron chi connectivity index (χ2n) is 5.69. The van der Waals surface area contributed by atoms with Crippen LogP contribution in [0.2, 0.25) is 5.02 Å². The third kappa shape index (κ3) is 2.12. The molecule has 2 fully saturated rings. The van der Waals surface area contributed by atoms with Crippen LogP contribution in [0.15, 0.2) is 11.4 Å². The van der Waals surface area contributed by atoms with Gasteiger partial charge in [-0.25, -0.2) is 4.98 Å². The molecule has 1 saturated carbocycles. The van der Waals surface area contributed by atoms with Crippen molar-refractivity contribution in [2.75, 3.05) is 23.7 Å². The maximum absolute atomic E-state index is 6.05. The molecule has 0 aromatic carbocycles. The van der Waals surface area contributed by atoms with E-state index in [4.69, 9.17) is 17.3 Å². The molecule has 106 valence electrons. The Morgan fingerprint density at radius 3 is 2.70 bits per heavy atom. The summed E-state index contributed by atoms with van der Waals surface area (Å²) < 4.78 is 0. The predicted octanol–water partition coefficient (Wildman–Crippen LogP) is 4.34. The van der Waals surface area contributed by atoms with Crippen LogP contribution in [0.3, 0.4) is 0 Å². The van der Waals surface area contributed by atoms with Crippen molar-refractivity contribution in [2.45, 2.75) is 19.3 Å². The normalized spacial score (nSPS) is 25.4. The first-order valence-electron chi connectivity index (χ1n) is 6.96. The van der Waals surface area contributed by atoms with Gasteiger partial charge in [0.25, 0.3) is 0 Å². The van der Waals surface area contributed by atoms with Crippen molar-refractivity contribution < 1.29 is 0 Å². The SMILES string of the molecule is Nc1nc(-c2cc(Cl)cs2)c(N2CC3CCCC3C2)s1. The number of nitrogen functional groups attached to an aromatic ring is 1. The van der Waals surface area contributed by atoms with Crippen molar-refractivity contribution in [3.05, 3.63) is 16.5 Å². The van der Waals surface area contributed by atoms with Gasteiger partial charge in [0.15, 0.2) is 5.13 Å². The van der Waals surface area contributed by atoms with Crippen LogP contribution in [0, 0.1) is 11.8 Å². The smallest absolute Gasteiger partial charge is 0.182 e. The fraction of sp³-hybridized carbons (Fsp3) is 0.500. The quantitative estimate of drug-likeness (QED) is 0.892. The van der Waals surface area contributed by atoms with Crippen LogP contribution in [-0.4, -0.2) is 18.1 Å². The van der Waals surface area contributed by atoms with Crippen molar-refractivity contribution in [3.8, 4) is 10.6 Å². The van der Waals surface area contributed by atoms with Crippen molar-refractivity contribution >= 4 is 44.4 Å². The van der Waals surface area contributed by atoms with Gasteiger partial charge in [-0.05, 0) is 30.7 Å². The van der Waals surface area contributed by atoms with E-state index < -0.39 is 0 Å². The minimum absolute atomic E-state index is 0.650. The van der Waals surface area contributed by atoms with Crippen molar-refractivity contribution in [1.29, 1.82) is 0 Å². The highest BCUT2D eigenvalue weighted by atomic mass is 35.5. The van der Waals surface area contributed by atoms with Gasteiger partial charge in [0, 0.05) is 18.5 Å². The molecule has 0 spiro atoms. The molecule has 6 heteroatoms. The summed E-state index contributed by atoms with van der Waals surface area (Å²) in [5.41, 5.74) is 6.98. The van der Waals surface area contributed by atoms with Gasteiger partial charge in [0.2, 0.25) is 0 Å². The summed E-state index contributed by atoms with van der Waals surface area (Å²) in [6.45, 7) is 2.33. The molecule has 1 saturated heterocycles. The molecule has 2 aromatic rings. The fourth-order valence-corrected chi connectivity index (χ4v) is 5.54. The van der Waals surface area contributed by atoms with Crippen LogP contribution < -0.4 is 10.6 Å². The molecule has 1 aliphatic carbocycles. The van der Waals surface area contributed by atoms with Gasteiger partial charge in [0.05, 0.1) is 9.90 Å². The highest BCUT2D eigenvalue weighted by Gasteiger charge is 2.37. The number of rotatable bonds is 2. The van der Waals surface area contributed by atoms with E-state index in [0.29, 0.717) is 5.13 Å². The maximum atomic E-state index is 6.05. The number of thiophene rings is 1. The monoisotopic (exact) mass is 325 g/mol. The zero-order valence-corrected chi connectivity index (χ0v) is 13.4. The molecule has 3 heterocycles. The van der Waals surface area contributed by atoms with Gasteiger partial charge < -0.3 is 10.6 Å². The minimum atomic E-state index is 0.650. The molecule has 2 aliphatic rings. The molecule has 2 unspecified atom stereocenters. The van der Waals surface area contributed by atoms with Crippen LogP contribution >= 0.6 is 34.3 Å². The van der Waals surface area contributed by atoms with E-state index in [1.807, 2.05) is 11.4 Å². The first-order valence-corrected chi connectivity index (χ1v) is 9.04. The Morgan fingerprint density at radius 2 is 2.05 bits per heavy atom. The lowest BCUT2D eigenvalue weighted by Crippen LogP contribution is -2.20. The third-order valence-corrected chi connectivity index (χ3v) is 6.67. The van der Waals surface area contributed by atoms with Gasteiger partial charge in [-0.2, -0.15) is 0 Å². The van der Waals surface area contributed by atoms with E-state index in [-0.39, 0.29) is 0 Å². The molecule has 0 amide bonds. The van der Waals surface area contributed by atoms with Crippen LogP contribution in [0.4, 0.5) is 10.1 Å². The first-order chi connectivity index (χ1) is 9.70. The highest BCUT2D eigenvalue weighted by Crippen LogP contribution is 2.46. The number of nitrogens with two attached hydrogens (primary N) is 1. The lowest BCUT2D eigenvalue weighted by Gasteiger charge is -2.18. The lowest BCUT2D eigenvalue weighted by molar-refractivity contribution is 0.494. The first kappa shape index (κ1) is 12.9. The van der Waals surface area contributed by atoms with Gasteiger partial charge in [-0.3, -0.25) is 0 Å². The summed E-state index contributed by atoms with van der Waals surface area (Å²) in [6.07, 6.45) is 4.17. The van der Waals surface area contributed by atoms with Gasteiger partial charge in [-0.1, -0.05) is 29.4 Å².